The van der Waals surface area contributed by atoms with E-state index in [4.69, 9.17) is 4.99 Å². The topological polar surface area (TPSA) is 15.6 Å². The molecule has 15 heavy (non-hydrogen) atoms. The molecule has 2 nitrogen and oxygen atoms in total. The molecule has 1 aliphatic carbocycles. The fourth-order valence-electron chi connectivity index (χ4n) is 2.35. The van der Waals surface area contributed by atoms with Gasteiger partial charge in [-0.25, -0.2) is 4.99 Å². The summed E-state index contributed by atoms with van der Waals surface area (Å²) < 4.78 is 0. The second-order valence-corrected chi connectivity index (χ2v) is 4.13. The summed E-state index contributed by atoms with van der Waals surface area (Å²) in [6.07, 6.45) is 9.22. The third-order valence-corrected chi connectivity index (χ3v) is 3.24. The molecule has 0 unspecified atom stereocenters. The number of nitrogens with zero attached hydrogens (tertiary/aromatic N) is 2. The Balaban J connectivity index is 2.23. The average molecular weight is 204 g/mol. The molecule has 2 aliphatic rings. The zero-order chi connectivity index (χ0) is 10.7. The normalized spacial score (nSPS) is 20.0. The van der Waals surface area contributed by atoms with Crippen LogP contribution in [-0.2, 0) is 0 Å². The standard InChI is InChI=1S/C13H20N2/c1-3-15(4-2)13-10-6-8-11-7-5-9-12(11)14-13/h6,8H,3-5,7,9-10H2,1-2H3. The van der Waals surface area contributed by atoms with Gasteiger partial charge >= 0.3 is 0 Å². The van der Waals surface area contributed by atoms with Crippen LogP contribution in [0, 0.1) is 0 Å². The number of allylic oxidation sites excluding steroid dienone is 3. The van der Waals surface area contributed by atoms with Gasteiger partial charge in [0.25, 0.3) is 0 Å². The summed E-state index contributed by atoms with van der Waals surface area (Å²) in [6, 6.07) is 0. The van der Waals surface area contributed by atoms with Crippen LogP contribution in [0.3, 0.4) is 0 Å². The van der Waals surface area contributed by atoms with Crippen LogP contribution < -0.4 is 0 Å². The number of aliphatic imine (C=N–C) groups is 1. The van der Waals surface area contributed by atoms with Crippen molar-refractivity contribution < 1.29 is 0 Å². The quantitative estimate of drug-likeness (QED) is 0.674. The van der Waals surface area contributed by atoms with Crippen molar-refractivity contribution in [2.24, 2.45) is 4.99 Å². The van der Waals surface area contributed by atoms with E-state index in [-0.39, 0.29) is 0 Å². The van der Waals surface area contributed by atoms with Crippen molar-refractivity contribution in [2.45, 2.75) is 39.5 Å². The Bertz CT molecular complexity index is 319. The molecule has 2 rings (SSSR count). The van der Waals surface area contributed by atoms with E-state index in [2.05, 4.69) is 30.9 Å². The molecule has 0 fully saturated rings. The largest absolute Gasteiger partial charge is 0.360 e. The van der Waals surface area contributed by atoms with Gasteiger partial charge in [-0.2, -0.15) is 0 Å². The van der Waals surface area contributed by atoms with Crippen molar-refractivity contribution in [3.05, 3.63) is 23.4 Å². The predicted octanol–water partition coefficient (Wildman–Crippen LogP) is 3.12. The van der Waals surface area contributed by atoms with E-state index in [1.54, 1.807) is 0 Å². The van der Waals surface area contributed by atoms with Gasteiger partial charge in [0.1, 0.15) is 5.84 Å². The molecule has 0 saturated heterocycles. The molecule has 0 aromatic heterocycles. The number of rotatable bonds is 2. The molecule has 0 aromatic rings. The minimum Gasteiger partial charge on any atom is -0.360 e. The molecular weight excluding hydrogens is 184 g/mol. The van der Waals surface area contributed by atoms with Crippen LogP contribution >= 0.6 is 0 Å². The Morgan fingerprint density at radius 2 is 2.07 bits per heavy atom. The van der Waals surface area contributed by atoms with E-state index in [0.29, 0.717) is 0 Å². The molecular formula is C13H20N2. The molecule has 0 N–H and O–H groups in total. The van der Waals surface area contributed by atoms with Crippen LogP contribution in [0.1, 0.15) is 39.5 Å². The van der Waals surface area contributed by atoms with Crippen molar-refractivity contribution in [3.8, 4) is 0 Å². The molecule has 82 valence electrons. The smallest absolute Gasteiger partial charge is 0.108 e. The van der Waals surface area contributed by atoms with E-state index in [9.17, 15) is 0 Å². The molecule has 0 radical (unpaired) electrons. The molecule has 0 aromatic carbocycles. The summed E-state index contributed by atoms with van der Waals surface area (Å²) in [7, 11) is 0. The average Bonchev–Trinajstić information content (AvgIpc) is 2.59. The Morgan fingerprint density at radius 1 is 1.27 bits per heavy atom. The van der Waals surface area contributed by atoms with Crippen molar-refractivity contribution in [1.82, 2.24) is 4.90 Å². The molecule has 2 heteroatoms. The number of amidine groups is 1. The molecule has 0 saturated carbocycles. The fourth-order valence-corrected chi connectivity index (χ4v) is 2.35. The first-order valence-electron chi connectivity index (χ1n) is 6.06. The zero-order valence-electron chi connectivity index (χ0n) is 9.79. The van der Waals surface area contributed by atoms with E-state index in [0.717, 1.165) is 19.5 Å². The first kappa shape index (κ1) is 10.5. The Morgan fingerprint density at radius 3 is 2.80 bits per heavy atom. The fraction of sp³-hybridized carbons (Fsp3) is 0.615. The highest BCUT2D eigenvalue weighted by molar-refractivity contribution is 5.85. The highest BCUT2D eigenvalue weighted by Gasteiger charge is 2.16. The van der Waals surface area contributed by atoms with E-state index in [1.165, 1.54) is 36.4 Å². The lowest BCUT2D eigenvalue weighted by atomic mass is 10.2. The molecule has 1 heterocycles. The maximum absolute atomic E-state index is 4.84. The van der Waals surface area contributed by atoms with Crippen LogP contribution in [0.2, 0.25) is 0 Å². The molecule has 0 amide bonds. The van der Waals surface area contributed by atoms with E-state index in [1.807, 2.05) is 0 Å². The second kappa shape index (κ2) is 4.65. The highest BCUT2D eigenvalue weighted by Crippen LogP contribution is 2.30. The highest BCUT2D eigenvalue weighted by atomic mass is 15.2. The lowest BCUT2D eigenvalue weighted by Crippen LogP contribution is -2.30. The maximum Gasteiger partial charge on any atom is 0.108 e. The molecule has 0 bridgehead atoms. The van der Waals surface area contributed by atoms with Gasteiger partial charge in [0.2, 0.25) is 0 Å². The summed E-state index contributed by atoms with van der Waals surface area (Å²) in [5.74, 6) is 1.25. The molecule has 0 spiro atoms. The second-order valence-electron chi connectivity index (χ2n) is 4.13. The van der Waals surface area contributed by atoms with Crippen LogP contribution in [0.4, 0.5) is 0 Å². The van der Waals surface area contributed by atoms with Gasteiger partial charge in [0, 0.05) is 25.2 Å². The Kier molecular flexibility index (Phi) is 3.24. The maximum atomic E-state index is 4.84. The van der Waals surface area contributed by atoms with Gasteiger partial charge in [-0.3, -0.25) is 0 Å². The Hall–Kier alpha value is -1.05. The number of hydrogen-bond acceptors (Lipinski definition) is 2. The van der Waals surface area contributed by atoms with Crippen LogP contribution in [0.25, 0.3) is 0 Å². The lowest BCUT2D eigenvalue weighted by molar-refractivity contribution is 0.458. The van der Waals surface area contributed by atoms with Gasteiger partial charge in [-0.15, -0.1) is 0 Å². The van der Waals surface area contributed by atoms with Gasteiger partial charge < -0.3 is 4.90 Å². The van der Waals surface area contributed by atoms with E-state index >= 15 is 0 Å². The number of hydrogen-bond donors (Lipinski definition) is 0. The summed E-state index contributed by atoms with van der Waals surface area (Å²) in [5, 5.41) is 0. The summed E-state index contributed by atoms with van der Waals surface area (Å²) in [5.41, 5.74) is 2.81. The van der Waals surface area contributed by atoms with Gasteiger partial charge in [-0.1, -0.05) is 12.2 Å². The van der Waals surface area contributed by atoms with Gasteiger partial charge in [0.05, 0.1) is 0 Å². The van der Waals surface area contributed by atoms with Crippen molar-refractivity contribution in [1.29, 1.82) is 0 Å². The van der Waals surface area contributed by atoms with Crippen molar-refractivity contribution in [2.75, 3.05) is 13.1 Å². The lowest BCUT2D eigenvalue weighted by Gasteiger charge is -2.22. The SMILES string of the molecule is CCN(CC)C1=NC2=C(C=CC1)CCC2. The Labute approximate surface area is 92.4 Å². The van der Waals surface area contributed by atoms with Crippen LogP contribution in [0.15, 0.2) is 28.4 Å². The summed E-state index contributed by atoms with van der Waals surface area (Å²) in [6.45, 7) is 6.52. The van der Waals surface area contributed by atoms with Crippen LogP contribution in [-0.4, -0.2) is 23.8 Å². The van der Waals surface area contributed by atoms with Crippen molar-refractivity contribution >= 4 is 5.84 Å². The monoisotopic (exact) mass is 204 g/mol. The third kappa shape index (κ3) is 2.14. The minimum atomic E-state index is 0.995. The van der Waals surface area contributed by atoms with Crippen LogP contribution in [0.5, 0.6) is 0 Å². The summed E-state index contributed by atoms with van der Waals surface area (Å²) in [4.78, 5) is 7.20. The first-order valence-corrected chi connectivity index (χ1v) is 6.06. The minimum absolute atomic E-state index is 0.995. The predicted molar refractivity (Wildman–Crippen MR) is 65.0 cm³/mol. The first-order chi connectivity index (χ1) is 7.35. The third-order valence-electron chi connectivity index (χ3n) is 3.24. The van der Waals surface area contributed by atoms with Gasteiger partial charge in [0.15, 0.2) is 0 Å². The molecule has 1 aliphatic heterocycles. The van der Waals surface area contributed by atoms with E-state index < -0.39 is 0 Å². The summed E-state index contributed by atoms with van der Waals surface area (Å²) >= 11 is 0. The zero-order valence-corrected chi connectivity index (χ0v) is 9.79. The van der Waals surface area contributed by atoms with Crippen molar-refractivity contribution in [3.63, 3.8) is 0 Å². The molecule has 0 atom stereocenters. The van der Waals surface area contributed by atoms with Gasteiger partial charge in [-0.05, 0) is 38.7 Å².